The van der Waals surface area contributed by atoms with Crippen molar-refractivity contribution >= 4 is 0 Å². The van der Waals surface area contributed by atoms with E-state index in [0.717, 1.165) is 32.0 Å². The summed E-state index contributed by atoms with van der Waals surface area (Å²) in [6.45, 7) is 6.39. The number of rotatable bonds is 3. The van der Waals surface area contributed by atoms with Crippen molar-refractivity contribution in [3.05, 3.63) is 48.5 Å². The number of imidazole rings is 1. The molecule has 0 bridgehead atoms. The molecule has 0 amide bonds. The summed E-state index contributed by atoms with van der Waals surface area (Å²) in [4.78, 5) is 7.01. The molecule has 0 saturated carbocycles. The van der Waals surface area contributed by atoms with Crippen LogP contribution in [-0.4, -0.2) is 40.1 Å². The van der Waals surface area contributed by atoms with Gasteiger partial charge in [-0.2, -0.15) is 0 Å². The highest BCUT2D eigenvalue weighted by atomic mass is 15.2. The molecule has 1 atom stereocenters. The minimum atomic E-state index is 0.565. The van der Waals surface area contributed by atoms with E-state index in [4.69, 9.17) is 0 Å². The molecule has 1 fully saturated rings. The Hall–Kier alpha value is -1.65. The van der Waals surface area contributed by atoms with Crippen molar-refractivity contribution in [2.45, 2.75) is 19.5 Å². The highest BCUT2D eigenvalue weighted by Gasteiger charge is 2.19. The lowest BCUT2D eigenvalue weighted by Gasteiger charge is -2.33. The second kappa shape index (κ2) is 5.55. The average molecular weight is 256 g/mol. The topological polar surface area (TPSA) is 33.1 Å². The summed E-state index contributed by atoms with van der Waals surface area (Å²) >= 11 is 0. The van der Waals surface area contributed by atoms with Crippen LogP contribution < -0.4 is 5.32 Å². The summed E-state index contributed by atoms with van der Waals surface area (Å²) in [5.41, 5.74) is 1.18. The predicted octanol–water partition coefficient (Wildman–Crippen LogP) is 1.67. The van der Waals surface area contributed by atoms with Gasteiger partial charge in [-0.15, -0.1) is 0 Å². The van der Waals surface area contributed by atoms with Crippen LogP contribution in [0, 0.1) is 0 Å². The molecular weight excluding hydrogens is 236 g/mol. The second-order valence-electron chi connectivity index (χ2n) is 5.07. The Morgan fingerprint density at radius 2 is 2.16 bits per heavy atom. The molecule has 0 aliphatic carbocycles. The van der Waals surface area contributed by atoms with Crippen LogP contribution >= 0.6 is 0 Å². The molecule has 1 aliphatic heterocycles. The first kappa shape index (κ1) is 12.4. The molecule has 1 saturated heterocycles. The van der Waals surface area contributed by atoms with Crippen molar-refractivity contribution in [2.24, 2.45) is 0 Å². The highest BCUT2D eigenvalue weighted by molar-refractivity contribution is 5.32. The smallest absolute Gasteiger partial charge is 0.127 e. The average Bonchev–Trinajstić information content (AvgIpc) is 2.91. The Balaban J connectivity index is 1.81. The number of benzene rings is 1. The van der Waals surface area contributed by atoms with Crippen LogP contribution in [0.15, 0.2) is 42.7 Å². The van der Waals surface area contributed by atoms with Crippen molar-refractivity contribution in [1.82, 2.24) is 19.8 Å². The molecule has 1 N–H and O–H groups in total. The monoisotopic (exact) mass is 256 g/mol. The number of hydrogen-bond donors (Lipinski definition) is 1. The first-order valence-corrected chi connectivity index (χ1v) is 6.87. The van der Waals surface area contributed by atoms with Crippen LogP contribution in [0.4, 0.5) is 0 Å². The fraction of sp³-hybridized carbons (Fsp3) is 0.400. The Kier molecular flexibility index (Phi) is 3.62. The van der Waals surface area contributed by atoms with E-state index in [1.165, 1.54) is 5.69 Å². The van der Waals surface area contributed by atoms with Crippen LogP contribution in [0.5, 0.6) is 0 Å². The van der Waals surface area contributed by atoms with Crippen LogP contribution in [0.1, 0.15) is 12.7 Å². The van der Waals surface area contributed by atoms with Gasteiger partial charge in [-0.1, -0.05) is 18.2 Å². The maximum atomic E-state index is 4.52. The zero-order valence-corrected chi connectivity index (χ0v) is 11.3. The van der Waals surface area contributed by atoms with Gasteiger partial charge in [-0.25, -0.2) is 4.98 Å². The fourth-order valence-electron chi connectivity index (χ4n) is 2.57. The van der Waals surface area contributed by atoms with E-state index in [1.54, 1.807) is 0 Å². The van der Waals surface area contributed by atoms with E-state index in [9.17, 15) is 0 Å². The third kappa shape index (κ3) is 2.69. The van der Waals surface area contributed by atoms with Crippen LogP contribution in [0.3, 0.4) is 0 Å². The molecule has 0 spiro atoms. The van der Waals surface area contributed by atoms with E-state index >= 15 is 0 Å². The van der Waals surface area contributed by atoms with Crippen molar-refractivity contribution in [3.8, 4) is 5.69 Å². The van der Waals surface area contributed by atoms with Crippen molar-refractivity contribution < 1.29 is 0 Å². The number of nitrogens with zero attached hydrogens (tertiary/aromatic N) is 3. The third-order valence-electron chi connectivity index (χ3n) is 3.74. The van der Waals surface area contributed by atoms with Gasteiger partial charge in [-0.3, -0.25) is 4.90 Å². The lowest BCUT2D eigenvalue weighted by Crippen LogP contribution is -2.49. The Labute approximate surface area is 114 Å². The number of para-hydroxylation sites is 1. The Morgan fingerprint density at radius 3 is 2.95 bits per heavy atom. The molecule has 3 rings (SSSR count). The Bertz CT molecular complexity index is 520. The first-order valence-electron chi connectivity index (χ1n) is 6.87. The van der Waals surface area contributed by atoms with Crippen LogP contribution in [0.2, 0.25) is 0 Å². The maximum absolute atomic E-state index is 4.52. The zero-order valence-electron chi connectivity index (χ0n) is 11.3. The van der Waals surface area contributed by atoms with E-state index in [-0.39, 0.29) is 0 Å². The third-order valence-corrected chi connectivity index (χ3v) is 3.74. The molecule has 1 aromatic carbocycles. The summed E-state index contributed by atoms with van der Waals surface area (Å²) in [6, 6.07) is 11.0. The van der Waals surface area contributed by atoms with Crippen LogP contribution in [-0.2, 0) is 6.54 Å². The van der Waals surface area contributed by atoms with Crippen LogP contribution in [0.25, 0.3) is 5.69 Å². The minimum Gasteiger partial charge on any atom is -0.314 e. The van der Waals surface area contributed by atoms with Gasteiger partial charge in [0.1, 0.15) is 5.82 Å². The first-order chi connectivity index (χ1) is 9.34. The molecule has 1 aliphatic rings. The predicted molar refractivity (Wildman–Crippen MR) is 76.3 cm³/mol. The standard InChI is InChI=1S/C15H20N4/c1-13-11-16-7-9-18(13)12-15-17-8-10-19(15)14-5-3-2-4-6-14/h2-6,8,10,13,16H,7,9,11-12H2,1H3/t13-/m1/s1. The summed E-state index contributed by atoms with van der Waals surface area (Å²) in [5.74, 6) is 1.11. The summed E-state index contributed by atoms with van der Waals surface area (Å²) in [6.07, 6.45) is 3.92. The van der Waals surface area contributed by atoms with Gasteiger partial charge in [-0.05, 0) is 19.1 Å². The molecule has 1 aromatic heterocycles. The van der Waals surface area contributed by atoms with E-state index in [2.05, 4.69) is 51.0 Å². The maximum Gasteiger partial charge on any atom is 0.127 e. The fourth-order valence-corrected chi connectivity index (χ4v) is 2.57. The van der Waals surface area contributed by atoms with Gasteiger partial charge in [0.2, 0.25) is 0 Å². The molecular formula is C15H20N4. The van der Waals surface area contributed by atoms with Gasteiger partial charge in [0.25, 0.3) is 0 Å². The van der Waals surface area contributed by atoms with E-state index < -0.39 is 0 Å². The number of piperazine rings is 1. The molecule has 4 heteroatoms. The largest absolute Gasteiger partial charge is 0.314 e. The lowest BCUT2D eigenvalue weighted by atomic mass is 10.2. The molecule has 2 heterocycles. The SMILES string of the molecule is C[C@@H]1CNCCN1Cc1nccn1-c1ccccc1. The Morgan fingerprint density at radius 1 is 1.32 bits per heavy atom. The van der Waals surface area contributed by atoms with Gasteiger partial charge in [0, 0.05) is 43.8 Å². The molecule has 2 aromatic rings. The highest BCUT2D eigenvalue weighted by Crippen LogP contribution is 2.14. The van der Waals surface area contributed by atoms with E-state index in [1.807, 2.05) is 18.5 Å². The summed E-state index contributed by atoms with van der Waals surface area (Å²) in [7, 11) is 0. The molecule has 0 unspecified atom stereocenters. The number of hydrogen-bond acceptors (Lipinski definition) is 3. The summed E-state index contributed by atoms with van der Waals surface area (Å²) < 4.78 is 2.18. The number of nitrogens with one attached hydrogen (secondary N) is 1. The normalized spacial score (nSPS) is 20.6. The quantitative estimate of drug-likeness (QED) is 0.907. The van der Waals surface area contributed by atoms with Crippen molar-refractivity contribution in [3.63, 3.8) is 0 Å². The molecule has 0 radical (unpaired) electrons. The zero-order chi connectivity index (χ0) is 13.1. The molecule has 4 nitrogen and oxygen atoms in total. The lowest BCUT2D eigenvalue weighted by molar-refractivity contribution is 0.161. The van der Waals surface area contributed by atoms with Crippen molar-refractivity contribution in [1.29, 1.82) is 0 Å². The van der Waals surface area contributed by atoms with Gasteiger partial charge in [0.05, 0.1) is 6.54 Å². The van der Waals surface area contributed by atoms with Crippen molar-refractivity contribution in [2.75, 3.05) is 19.6 Å². The minimum absolute atomic E-state index is 0.565. The number of aromatic nitrogens is 2. The molecule has 19 heavy (non-hydrogen) atoms. The molecule has 100 valence electrons. The van der Waals surface area contributed by atoms with E-state index in [0.29, 0.717) is 6.04 Å². The van der Waals surface area contributed by atoms with Gasteiger partial charge >= 0.3 is 0 Å². The second-order valence-corrected chi connectivity index (χ2v) is 5.07. The summed E-state index contributed by atoms with van der Waals surface area (Å²) in [5, 5.41) is 3.42. The van der Waals surface area contributed by atoms with Gasteiger partial charge in [0.15, 0.2) is 0 Å². The van der Waals surface area contributed by atoms with Gasteiger partial charge < -0.3 is 9.88 Å².